The van der Waals surface area contributed by atoms with Crippen LogP contribution in [0.5, 0.6) is 0 Å². The standard InChI is InChI=1S/C13H13BrN2S/c14-10-5-8-17-13(10)9-16-7-6-15-11-3-1-2-4-12(11)16/h1-5,8,15H,6-7,9H2. The molecule has 1 N–H and O–H groups in total. The van der Waals surface area contributed by atoms with Crippen molar-refractivity contribution in [2.24, 2.45) is 0 Å². The molecule has 4 heteroatoms. The Morgan fingerprint density at radius 2 is 2.18 bits per heavy atom. The maximum atomic E-state index is 3.60. The molecule has 1 aliphatic rings. The molecular weight excluding hydrogens is 296 g/mol. The fraction of sp³-hybridized carbons (Fsp3) is 0.231. The molecule has 0 amide bonds. The van der Waals surface area contributed by atoms with Crippen LogP contribution in [0.3, 0.4) is 0 Å². The molecule has 0 radical (unpaired) electrons. The highest BCUT2D eigenvalue weighted by atomic mass is 79.9. The van der Waals surface area contributed by atoms with Gasteiger partial charge in [-0.05, 0) is 39.5 Å². The predicted octanol–water partition coefficient (Wildman–Crippen LogP) is 3.94. The van der Waals surface area contributed by atoms with Gasteiger partial charge in [-0.15, -0.1) is 11.3 Å². The number of fused-ring (bicyclic) bond motifs is 1. The zero-order valence-electron chi connectivity index (χ0n) is 9.32. The second kappa shape index (κ2) is 4.70. The van der Waals surface area contributed by atoms with E-state index in [1.165, 1.54) is 20.7 Å². The lowest BCUT2D eigenvalue weighted by atomic mass is 10.2. The van der Waals surface area contributed by atoms with Gasteiger partial charge in [0.1, 0.15) is 0 Å². The van der Waals surface area contributed by atoms with Crippen LogP contribution in [-0.2, 0) is 6.54 Å². The second-order valence-electron chi connectivity index (χ2n) is 4.06. The molecule has 17 heavy (non-hydrogen) atoms. The fourth-order valence-corrected chi connectivity index (χ4v) is 3.61. The van der Waals surface area contributed by atoms with Crippen molar-refractivity contribution < 1.29 is 0 Å². The maximum Gasteiger partial charge on any atom is 0.0605 e. The Bertz CT molecular complexity index is 524. The fourth-order valence-electron chi connectivity index (χ4n) is 2.12. The molecule has 0 aliphatic carbocycles. The molecule has 1 aromatic heterocycles. The molecule has 0 atom stereocenters. The van der Waals surface area contributed by atoms with Gasteiger partial charge in [0.15, 0.2) is 0 Å². The third-order valence-electron chi connectivity index (χ3n) is 2.97. The Balaban J connectivity index is 1.88. The van der Waals surface area contributed by atoms with Crippen LogP contribution in [-0.4, -0.2) is 13.1 Å². The first-order chi connectivity index (χ1) is 8.34. The summed E-state index contributed by atoms with van der Waals surface area (Å²) >= 11 is 5.41. The summed E-state index contributed by atoms with van der Waals surface area (Å²) in [5, 5.41) is 5.57. The number of para-hydroxylation sites is 2. The third-order valence-corrected chi connectivity index (χ3v) is 4.88. The third kappa shape index (κ3) is 2.19. The molecule has 0 spiro atoms. The van der Waals surface area contributed by atoms with Crippen LogP contribution in [0.2, 0.25) is 0 Å². The number of nitrogens with one attached hydrogen (secondary N) is 1. The molecule has 3 rings (SSSR count). The van der Waals surface area contributed by atoms with Gasteiger partial charge in [-0.25, -0.2) is 0 Å². The van der Waals surface area contributed by atoms with Gasteiger partial charge in [-0.2, -0.15) is 0 Å². The van der Waals surface area contributed by atoms with Gasteiger partial charge in [0.2, 0.25) is 0 Å². The Morgan fingerprint density at radius 1 is 1.29 bits per heavy atom. The van der Waals surface area contributed by atoms with E-state index >= 15 is 0 Å². The maximum absolute atomic E-state index is 3.60. The lowest BCUT2D eigenvalue weighted by Crippen LogP contribution is -2.33. The minimum Gasteiger partial charge on any atom is -0.382 e. The minimum absolute atomic E-state index is 0.983. The van der Waals surface area contributed by atoms with Gasteiger partial charge in [0.05, 0.1) is 17.9 Å². The van der Waals surface area contributed by atoms with Crippen LogP contribution >= 0.6 is 27.3 Å². The largest absolute Gasteiger partial charge is 0.382 e. The summed E-state index contributed by atoms with van der Waals surface area (Å²) in [5.41, 5.74) is 2.55. The molecule has 2 heterocycles. The van der Waals surface area contributed by atoms with E-state index in [4.69, 9.17) is 0 Å². The normalized spacial score (nSPS) is 14.3. The predicted molar refractivity (Wildman–Crippen MR) is 78.0 cm³/mol. The van der Waals surface area contributed by atoms with Gasteiger partial charge in [0.25, 0.3) is 0 Å². The SMILES string of the molecule is Brc1ccsc1CN1CCNc2ccccc21. The second-order valence-corrected chi connectivity index (χ2v) is 5.91. The van der Waals surface area contributed by atoms with E-state index in [2.05, 4.69) is 61.9 Å². The van der Waals surface area contributed by atoms with Crippen molar-refractivity contribution in [3.05, 3.63) is 45.1 Å². The Kier molecular flexibility index (Phi) is 3.07. The quantitative estimate of drug-likeness (QED) is 0.904. The van der Waals surface area contributed by atoms with Crippen LogP contribution < -0.4 is 10.2 Å². The molecule has 1 aromatic carbocycles. The topological polar surface area (TPSA) is 15.3 Å². The molecule has 0 fully saturated rings. The van der Waals surface area contributed by atoms with Crippen LogP contribution in [0.15, 0.2) is 40.2 Å². The first kappa shape index (κ1) is 11.1. The molecule has 0 unspecified atom stereocenters. The number of hydrogen-bond acceptors (Lipinski definition) is 3. The molecule has 88 valence electrons. The number of anilines is 2. The van der Waals surface area contributed by atoms with Crippen molar-refractivity contribution >= 4 is 38.6 Å². The lowest BCUT2D eigenvalue weighted by molar-refractivity contribution is 0.793. The van der Waals surface area contributed by atoms with Crippen LogP contribution in [0.25, 0.3) is 0 Å². The molecule has 1 aliphatic heterocycles. The lowest BCUT2D eigenvalue weighted by Gasteiger charge is -2.31. The number of benzene rings is 1. The van der Waals surface area contributed by atoms with Gasteiger partial charge in [-0.3, -0.25) is 0 Å². The highest BCUT2D eigenvalue weighted by molar-refractivity contribution is 9.10. The summed E-state index contributed by atoms with van der Waals surface area (Å²) in [5.74, 6) is 0. The highest BCUT2D eigenvalue weighted by Gasteiger charge is 2.17. The molecule has 0 bridgehead atoms. The Hall–Kier alpha value is -1.00. The number of hydrogen-bond donors (Lipinski definition) is 1. The summed E-state index contributed by atoms with van der Waals surface area (Å²) in [6, 6.07) is 10.6. The first-order valence-corrected chi connectivity index (χ1v) is 7.31. The molecule has 0 saturated heterocycles. The number of rotatable bonds is 2. The summed E-state index contributed by atoms with van der Waals surface area (Å²) in [4.78, 5) is 3.82. The van der Waals surface area contributed by atoms with Gasteiger partial charge in [0, 0.05) is 22.4 Å². The van der Waals surface area contributed by atoms with Gasteiger partial charge < -0.3 is 10.2 Å². The van der Waals surface area contributed by atoms with Gasteiger partial charge in [-0.1, -0.05) is 12.1 Å². The van der Waals surface area contributed by atoms with Crippen molar-refractivity contribution in [2.75, 3.05) is 23.3 Å². The van der Waals surface area contributed by atoms with E-state index in [1.807, 2.05) is 11.3 Å². The van der Waals surface area contributed by atoms with Crippen molar-refractivity contribution in [2.45, 2.75) is 6.54 Å². The van der Waals surface area contributed by atoms with Crippen molar-refractivity contribution in [3.8, 4) is 0 Å². The number of halogens is 1. The number of nitrogens with zero attached hydrogens (tertiary/aromatic N) is 1. The summed E-state index contributed by atoms with van der Waals surface area (Å²) in [6.45, 7) is 3.05. The Labute approximate surface area is 113 Å². The van der Waals surface area contributed by atoms with E-state index in [-0.39, 0.29) is 0 Å². The summed E-state index contributed by atoms with van der Waals surface area (Å²) in [6.07, 6.45) is 0. The van der Waals surface area contributed by atoms with E-state index in [1.54, 1.807) is 0 Å². The van der Waals surface area contributed by atoms with Crippen LogP contribution in [0.1, 0.15) is 4.88 Å². The van der Waals surface area contributed by atoms with Crippen molar-refractivity contribution in [3.63, 3.8) is 0 Å². The van der Waals surface area contributed by atoms with E-state index in [0.29, 0.717) is 0 Å². The Morgan fingerprint density at radius 3 is 3.00 bits per heavy atom. The minimum atomic E-state index is 0.983. The van der Waals surface area contributed by atoms with E-state index in [0.717, 1.165) is 19.6 Å². The average Bonchev–Trinajstić information content (AvgIpc) is 2.76. The van der Waals surface area contributed by atoms with Gasteiger partial charge >= 0.3 is 0 Å². The summed E-state index contributed by atoms with van der Waals surface area (Å²) in [7, 11) is 0. The number of thiophene rings is 1. The highest BCUT2D eigenvalue weighted by Crippen LogP contribution is 2.32. The van der Waals surface area contributed by atoms with E-state index < -0.39 is 0 Å². The average molecular weight is 309 g/mol. The van der Waals surface area contributed by atoms with Crippen molar-refractivity contribution in [1.29, 1.82) is 0 Å². The zero-order valence-corrected chi connectivity index (χ0v) is 11.7. The monoisotopic (exact) mass is 308 g/mol. The zero-order chi connectivity index (χ0) is 11.7. The molecule has 0 saturated carbocycles. The van der Waals surface area contributed by atoms with Crippen LogP contribution in [0.4, 0.5) is 11.4 Å². The van der Waals surface area contributed by atoms with E-state index in [9.17, 15) is 0 Å². The summed E-state index contributed by atoms with van der Waals surface area (Å²) < 4.78 is 1.22. The van der Waals surface area contributed by atoms with Crippen molar-refractivity contribution in [1.82, 2.24) is 0 Å². The first-order valence-electron chi connectivity index (χ1n) is 5.64. The molecular formula is C13H13BrN2S. The smallest absolute Gasteiger partial charge is 0.0605 e. The molecule has 2 nitrogen and oxygen atoms in total. The van der Waals surface area contributed by atoms with Crippen LogP contribution in [0, 0.1) is 0 Å². The molecule has 2 aromatic rings.